The van der Waals surface area contributed by atoms with Crippen molar-refractivity contribution in [2.45, 2.75) is 20.0 Å². The van der Waals surface area contributed by atoms with E-state index in [0.29, 0.717) is 32.5 Å². The van der Waals surface area contributed by atoms with Gasteiger partial charge in [0.25, 0.3) is 5.56 Å². The maximum Gasteiger partial charge on any atom is 0.332 e. The molecular formula is C17H15BrCl2N4O2. The van der Waals surface area contributed by atoms with Crippen molar-refractivity contribution in [3.8, 4) is 0 Å². The minimum atomic E-state index is -0.444. The highest BCUT2D eigenvalue weighted by Gasteiger charge is 2.19. The molecule has 0 saturated carbocycles. The van der Waals surface area contributed by atoms with Gasteiger partial charge >= 0.3 is 5.69 Å². The summed E-state index contributed by atoms with van der Waals surface area (Å²) in [4.78, 5) is 29.8. The van der Waals surface area contributed by atoms with E-state index in [9.17, 15) is 9.59 Å². The van der Waals surface area contributed by atoms with E-state index in [4.69, 9.17) is 23.2 Å². The minimum absolute atomic E-state index is 0.0977. The molecule has 3 aromatic rings. The minimum Gasteiger partial charge on any atom is -0.308 e. The fourth-order valence-corrected chi connectivity index (χ4v) is 3.31. The van der Waals surface area contributed by atoms with Crippen LogP contribution in [0.4, 0.5) is 0 Å². The van der Waals surface area contributed by atoms with Gasteiger partial charge in [-0.25, -0.2) is 9.78 Å². The van der Waals surface area contributed by atoms with Crippen molar-refractivity contribution < 1.29 is 0 Å². The Morgan fingerprint density at radius 2 is 1.88 bits per heavy atom. The number of imidazole rings is 1. The molecule has 1 aromatic carbocycles. The molecule has 0 fully saturated rings. The third-order valence-corrected chi connectivity index (χ3v) is 5.01. The first kappa shape index (κ1) is 18.9. The second kappa shape index (κ2) is 7.42. The van der Waals surface area contributed by atoms with Gasteiger partial charge in [0.15, 0.2) is 15.9 Å². The molecule has 0 bridgehead atoms. The lowest BCUT2D eigenvalue weighted by Crippen LogP contribution is -2.39. The predicted molar refractivity (Wildman–Crippen MR) is 107 cm³/mol. The zero-order chi connectivity index (χ0) is 19.0. The van der Waals surface area contributed by atoms with E-state index in [2.05, 4.69) is 20.9 Å². The second-order valence-corrected chi connectivity index (χ2v) is 7.56. The zero-order valence-electron chi connectivity index (χ0n) is 14.0. The van der Waals surface area contributed by atoms with Gasteiger partial charge in [-0.1, -0.05) is 41.4 Å². The van der Waals surface area contributed by atoms with Gasteiger partial charge in [-0.3, -0.25) is 13.9 Å². The van der Waals surface area contributed by atoms with Gasteiger partial charge in [0, 0.05) is 17.1 Å². The fraction of sp³-hybridized carbons (Fsp3) is 0.235. The highest BCUT2D eigenvalue weighted by atomic mass is 79.9. The molecule has 0 amide bonds. The molecule has 0 aliphatic carbocycles. The standard InChI is InChI=1S/C17H15BrCl2N4O2/c1-10(19)7-8-23-15(25)13-14(22(2)17(23)26)21-16(18)24(13)9-11-3-5-12(20)6-4-11/h3-7H,8-9H2,1-2H3. The number of nitrogens with zero attached hydrogens (tertiary/aromatic N) is 4. The van der Waals surface area contributed by atoms with Crippen molar-refractivity contribution in [2.24, 2.45) is 7.05 Å². The topological polar surface area (TPSA) is 61.8 Å². The predicted octanol–water partition coefficient (Wildman–Crippen LogP) is 3.50. The van der Waals surface area contributed by atoms with Crippen molar-refractivity contribution in [3.63, 3.8) is 0 Å². The lowest BCUT2D eigenvalue weighted by atomic mass is 10.2. The Kier molecular flexibility index (Phi) is 5.41. The average Bonchev–Trinajstić information content (AvgIpc) is 2.91. The summed E-state index contributed by atoms with van der Waals surface area (Å²) in [6, 6.07) is 7.32. The molecule has 0 unspecified atom stereocenters. The molecule has 0 spiro atoms. The number of aryl methyl sites for hydroxylation is 1. The van der Waals surface area contributed by atoms with Crippen LogP contribution in [-0.2, 0) is 20.1 Å². The summed E-state index contributed by atoms with van der Waals surface area (Å²) in [6.45, 7) is 2.20. The maximum atomic E-state index is 13.0. The van der Waals surface area contributed by atoms with Gasteiger partial charge in [-0.15, -0.1) is 0 Å². The van der Waals surface area contributed by atoms with Crippen LogP contribution in [0.25, 0.3) is 11.2 Å². The SMILES string of the molecule is CC(Cl)=CCn1c(=O)c2c(nc(Br)n2Cc2ccc(Cl)cc2)n(C)c1=O. The van der Waals surface area contributed by atoms with E-state index < -0.39 is 11.2 Å². The van der Waals surface area contributed by atoms with Crippen LogP contribution in [0.1, 0.15) is 12.5 Å². The number of halogens is 3. The largest absolute Gasteiger partial charge is 0.332 e. The summed E-state index contributed by atoms with van der Waals surface area (Å²) in [7, 11) is 1.59. The molecule has 0 aliphatic rings. The molecule has 2 heterocycles. The lowest BCUT2D eigenvalue weighted by Gasteiger charge is -2.09. The molecule has 0 aliphatic heterocycles. The van der Waals surface area contributed by atoms with Crippen LogP contribution in [0.2, 0.25) is 5.02 Å². The highest BCUT2D eigenvalue weighted by molar-refractivity contribution is 9.10. The van der Waals surface area contributed by atoms with Crippen LogP contribution in [-0.4, -0.2) is 18.7 Å². The summed E-state index contributed by atoms with van der Waals surface area (Å²) >= 11 is 15.2. The molecule has 136 valence electrons. The van der Waals surface area contributed by atoms with Gasteiger partial charge in [-0.05, 0) is 40.5 Å². The number of hydrogen-bond acceptors (Lipinski definition) is 3. The molecule has 0 atom stereocenters. The number of hydrogen-bond donors (Lipinski definition) is 0. The molecule has 0 N–H and O–H groups in total. The molecular weight excluding hydrogens is 443 g/mol. The highest BCUT2D eigenvalue weighted by Crippen LogP contribution is 2.19. The molecule has 9 heteroatoms. The number of fused-ring (bicyclic) bond motifs is 1. The summed E-state index contributed by atoms with van der Waals surface area (Å²) in [5.74, 6) is 0. The van der Waals surface area contributed by atoms with Crippen LogP contribution >= 0.6 is 39.1 Å². The fourth-order valence-electron chi connectivity index (χ4n) is 2.64. The average molecular weight is 458 g/mol. The zero-order valence-corrected chi connectivity index (χ0v) is 17.1. The Morgan fingerprint density at radius 3 is 2.50 bits per heavy atom. The van der Waals surface area contributed by atoms with Crippen molar-refractivity contribution >= 4 is 50.3 Å². The molecule has 6 nitrogen and oxygen atoms in total. The Hall–Kier alpha value is -1.83. The summed E-state index contributed by atoms with van der Waals surface area (Å²) < 4.78 is 4.70. The Balaban J connectivity index is 2.22. The third kappa shape index (κ3) is 3.51. The monoisotopic (exact) mass is 456 g/mol. The Bertz CT molecular complexity index is 1120. The summed E-state index contributed by atoms with van der Waals surface area (Å²) in [6.07, 6.45) is 1.62. The third-order valence-electron chi connectivity index (χ3n) is 3.99. The van der Waals surface area contributed by atoms with Gasteiger partial charge in [-0.2, -0.15) is 0 Å². The molecule has 3 rings (SSSR count). The van der Waals surface area contributed by atoms with E-state index in [-0.39, 0.29) is 6.54 Å². The molecule has 26 heavy (non-hydrogen) atoms. The first-order valence-electron chi connectivity index (χ1n) is 7.72. The first-order valence-corrected chi connectivity index (χ1v) is 9.26. The Labute approximate surface area is 167 Å². The van der Waals surface area contributed by atoms with Gasteiger partial charge < -0.3 is 4.57 Å². The van der Waals surface area contributed by atoms with Crippen molar-refractivity contribution in [2.75, 3.05) is 0 Å². The normalized spacial score (nSPS) is 12.1. The van der Waals surface area contributed by atoms with E-state index in [1.54, 1.807) is 36.7 Å². The number of aromatic nitrogens is 4. The molecule has 2 aromatic heterocycles. The summed E-state index contributed by atoms with van der Waals surface area (Å²) in [5, 5.41) is 1.14. The van der Waals surface area contributed by atoms with Crippen molar-refractivity contribution in [1.29, 1.82) is 0 Å². The number of rotatable bonds is 4. The number of allylic oxidation sites excluding steroid dienone is 2. The van der Waals surface area contributed by atoms with Gasteiger partial charge in [0.05, 0.1) is 13.1 Å². The quantitative estimate of drug-likeness (QED) is 0.563. The maximum absolute atomic E-state index is 13.0. The summed E-state index contributed by atoms with van der Waals surface area (Å²) in [5.41, 5.74) is 0.758. The van der Waals surface area contributed by atoms with E-state index >= 15 is 0 Å². The van der Waals surface area contributed by atoms with E-state index in [1.165, 1.54) is 4.57 Å². The van der Waals surface area contributed by atoms with Crippen LogP contribution in [0.15, 0.2) is 49.7 Å². The second-order valence-electron chi connectivity index (χ2n) is 5.81. The smallest absolute Gasteiger partial charge is 0.308 e. The van der Waals surface area contributed by atoms with Crippen molar-refractivity contribution in [1.82, 2.24) is 18.7 Å². The molecule has 0 radical (unpaired) electrons. The van der Waals surface area contributed by atoms with Gasteiger partial charge in [0.1, 0.15) is 0 Å². The number of benzene rings is 1. The Morgan fingerprint density at radius 1 is 1.23 bits per heavy atom. The van der Waals surface area contributed by atoms with Crippen LogP contribution in [0.3, 0.4) is 0 Å². The van der Waals surface area contributed by atoms with E-state index in [1.807, 2.05) is 12.1 Å². The van der Waals surface area contributed by atoms with Crippen molar-refractivity contribution in [3.05, 3.63) is 71.5 Å². The first-order chi connectivity index (χ1) is 12.3. The van der Waals surface area contributed by atoms with E-state index in [0.717, 1.165) is 10.1 Å². The lowest BCUT2D eigenvalue weighted by molar-refractivity contribution is 0.662. The molecule has 0 saturated heterocycles. The van der Waals surface area contributed by atoms with Crippen LogP contribution in [0.5, 0.6) is 0 Å². The van der Waals surface area contributed by atoms with Crippen LogP contribution < -0.4 is 11.2 Å². The van der Waals surface area contributed by atoms with Crippen LogP contribution in [0, 0.1) is 0 Å². The van der Waals surface area contributed by atoms with Gasteiger partial charge in [0.2, 0.25) is 0 Å².